The number of carboxylic acid groups (broad SMARTS) is 1. The van der Waals surface area contributed by atoms with Crippen LogP contribution in [0.4, 0.5) is 0 Å². The molecule has 1 atom stereocenters. The summed E-state index contributed by atoms with van der Waals surface area (Å²) in [7, 11) is 0. The Hall–Kier alpha value is -2.28. The van der Waals surface area contributed by atoms with Gasteiger partial charge in [0.25, 0.3) is 5.91 Å². The molecule has 0 saturated carbocycles. The molecule has 0 aliphatic heterocycles. The fourth-order valence-electron chi connectivity index (χ4n) is 1.07. The second-order valence-electron chi connectivity index (χ2n) is 3.41. The van der Waals surface area contributed by atoms with Gasteiger partial charge in [-0.15, -0.1) is 0 Å². The van der Waals surface area contributed by atoms with Crippen molar-refractivity contribution in [1.29, 1.82) is 0 Å². The quantitative estimate of drug-likeness (QED) is 0.536. The standard InChI is InChI=1S/C11H13NO6/c13-7-3-1-2-4-9(7)18-6-10(15)12-5-8(14)11(16)17/h1-4,8,13-14H,5-6H2,(H,12,15)(H,16,17). The van der Waals surface area contributed by atoms with E-state index in [0.29, 0.717) is 0 Å². The van der Waals surface area contributed by atoms with E-state index in [0.717, 1.165) is 0 Å². The molecule has 0 spiro atoms. The molecule has 0 radical (unpaired) electrons. The topological polar surface area (TPSA) is 116 Å². The van der Waals surface area contributed by atoms with Crippen LogP contribution in [0.25, 0.3) is 0 Å². The first-order chi connectivity index (χ1) is 8.50. The lowest BCUT2D eigenvalue weighted by atomic mass is 10.3. The molecular formula is C11H13NO6. The summed E-state index contributed by atoms with van der Waals surface area (Å²) in [5.74, 6) is -1.97. The lowest BCUT2D eigenvalue weighted by Crippen LogP contribution is -2.38. The van der Waals surface area contributed by atoms with Crippen molar-refractivity contribution in [2.24, 2.45) is 0 Å². The van der Waals surface area contributed by atoms with Crippen molar-refractivity contribution in [3.63, 3.8) is 0 Å². The van der Waals surface area contributed by atoms with Crippen LogP contribution in [-0.2, 0) is 9.59 Å². The van der Waals surface area contributed by atoms with Crippen LogP contribution in [-0.4, -0.2) is 46.5 Å². The minimum atomic E-state index is -1.65. The van der Waals surface area contributed by atoms with Crippen molar-refractivity contribution in [1.82, 2.24) is 5.32 Å². The minimum Gasteiger partial charge on any atom is -0.504 e. The molecule has 0 fully saturated rings. The van der Waals surface area contributed by atoms with Gasteiger partial charge in [0.15, 0.2) is 24.2 Å². The van der Waals surface area contributed by atoms with E-state index in [-0.39, 0.29) is 18.1 Å². The number of phenolic OH excluding ortho intramolecular Hbond substituents is 1. The summed E-state index contributed by atoms with van der Waals surface area (Å²) in [6, 6.07) is 6.11. The third-order valence-electron chi connectivity index (χ3n) is 2.00. The zero-order valence-corrected chi connectivity index (χ0v) is 9.37. The SMILES string of the molecule is O=C(COc1ccccc1O)NCC(O)C(=O)O. The van der Waals surface area contributed by atoms with E-state index in [1.165, 1.54) is 12.1 Å². The van der Waals surface area contributed by atoms with Crippen LogP contribution in [0.5, 0.6) is 11.5 Å². The molecule has 18 heavy (non-hydrogen) atoms. The van der Waals surface area contributed by atoms with Gasteiger partial charge in [-0.3, -0.25) is 4.79 Å². The van der Waals surface area contributed by atoms with E-state index in [9.17, 15) is 14.7 Å². The van der Waals surface area contributed by atoms with E-state index in [1.54, 1.807) is 12.1 Å². The number of rotatable bonds is 6. The molecule has 4 N–H and O–H groups in total. The molecule has 1 amide bonds. The molecule has 98 valence electrons. The summed E-state index contributed by atoms with van der Waals surface area (Å²) in [5, 5.41) is 28.8. The maximum absolute atomic E-state index is 11.2. The lowest BCUT2D eigenvalue weighted by Gasteiger charge is -2.09. The Bertz CT molecular complexity index is 433. The number of carbonyl (C=O) groups is 2. The van der Waals surface area contributed by atoms with Gasteiger partial charge in [-0.25, -0.2) is 4.79 Å². The van der Waals surface area contributed by atoms with E-state index in [2.05, 4.69) is 5.32 Å². The average molecular weight is 255 g/mol. The second-order valence-corrected chi connectivity index (χ2v) is 3.41. The number of phenols is 1. The Kier molecular flexibility index (Phi) is 4.94. The van der Waals surface area contributed by atoms with Gasteiger partial charge < -0.3 is 25.4 Å². The normalized spacial score (nSPS) is 11.6. The van der Waals surface area contributed by atoms with Crippen LogP contribution in [0.3, 0.4) is 0 Å². The number of aliphatic carboxylic acids is 1. The number of para-hydroxylation sites is 2. The molecule has 0 bridgehead atoms. The summed E-state index contributed by atoms with van der Waals surface area (Å²) in [6.45, 7) is -0.789. The molecule has 1 aromatic rings. The Balaban J connectivity index is 2.34. The van der Waals surface area contributed by atoms with Crippen molar-refractivity contribution in [2.45, 2.75) is 6.10 Å². The molecular weight excluding hydrogens is 242 g/mol. The van der Waals surface area contributed by atoms with Gasteiger partial charge in [-0.05, 0) is 12.1 Å². The molecule has 0 saturated heterocycles. The first-order valence-corrected chi connectivity index (χ1v) is 5.09. The maximum Gasteiger partial charge on any atom is 0.334 e. The molecule has 1 unspecified atom stereocenters. The number of carboxylic acids is 1. The monoisotopic (exact) mass is 255 g/mol. The van der Waals surface area contributed by atoms with Crippen molar-refractivity contribution in [2.75, 3.05) is 13.2 Å². The van der Waals surface area contributed by atoms with E-state index < -0.39 is 24.5 Å². The predicted molar refractivity (Wildman–Crippen MR) is 60.3 cm³/mol. The fourth-order valence-corrected chi connectivity index (χ4v) is 1.07. The number of aliphatic hydroxyl groups excluding tert-OH is 1. The first-order valence-electron chi connectivity index (χ1n) is 5.09. The molecule has 0 aliphatic carbocycles. The zero-order chi connectivity index (χ0) is 13.5. The molecule has 7 nitrogen and oxygen atoms in total. The van der Waals surface area contributed by atoms with Gasteiger partial charge >= 0.3 is 5.97 Å². The highest BCUT2D eigenvalue weighted by molar-refractivity contribution is 5.79. The Morgan fingerprint density at radius 3 is 2.61 bits per heavy atom. The van der Waals surface area contributed by atoms with Crippen LogP contribution >= 0.6 is 0 Å². The number of aromatic hydroxyl groups is 1. The molecule has 1 aromatic carbocycles. The second kappa shape index (κ2) is 6.45. The third-order valence-corrected chi connectivity index (χ3v) is 2.00. The van der Waals surface area contributed by atoms with Crippen molar-refractivity contribution < 1.29 is 29.6 Å². The van der Waals surface area contributed by atoms with Crippen LogP contribution in [0.15, 0.2) is 24.3 Å². The van der Waals surface area contributed by atoms with Crippen LogP contribution < -0.4 is 10.1 Å². The summed E-state index contributed by atoms with van der Waals surface area (Å²) >= 11 is 0. The van der Waals surface area contributed by atoms with Crippen LogP contribution in [0.2, 0.25) is 0 Å². The zero-order valence-electron chi connectivity index (χ0n) is 9.37. The van der Waals surface area contributed by atoms with Crippen molar-refractivity contribution in [3.05, 3.63) is 24.3 Å². The summed E-state index contributed by atoms with van der Waals surface area (Å²) in [6.07, 6.45) is -1.65. The highest BCUT2D eigenvalue weighted by Crippen LogP contribution is 2.23. The highest BCUT2D eigenvalue weighted by Gasteiger charge is 2.14. The summed E-state index contributed by atoms with van der Waals surface area (Å²) in [5.41, 5.74) is 0. The molecule has 0 aromatic heterocycles. The predicted octanol–water partition coefficient (Wildman–Crippen LogP) is -0.667. The molecule has 1 rings (SSSR count). The Morgan fingerprint density at radius 2 is 2.00 bits per heavy atom. The van der Waals surface area contributed by atoms with Gasteiger partial charge in [-0.1, -0.05) is 12.1 Å². The smallest absolute Gasteiger partial charge is 0.334 e. The van der Waals surface area contributed by atoms with Crippen molar-refractivity contribution >= 4 is 11.9 Å². The average Bonchev–Trinajstić information content (AvgIpc) is 2.34. The van der Waals surface area contributed by atoms with Gasteiger partial charge in [-0.2, -0.15) is 0 Å². The fraction of sp³-hybridized carbons (Fsp3) is 0.273. The first kappa shape index (κ1) is 13.8. The molecule has 0 aliphatic rings. The van der Waals surface area contributed by atoms with E-state index in [4.69, 9.17) is 14.9 Å². The highest BCUT2D eigenvalue weighted by atomic mass is 16.5. The number of amides is 1. The van der Waals surface area contributed by atoms with Gasteiger partial charge in [0.05, 0.1) is 6.54 Å². The van der Waals surface area contributed by atoms with E-state index in [1.807, 2.05) is 0 Å². The lowest BCUT2D eigenvalue weighted by molar-refractivity contribution is -0.146. The summed E-state index contributed by atoms with van der Waals surface area (Å²) < 4.78 is 5.00. The third kappa shape index (κ3) is 4.30. The largest absolute Gasteiger partial charge is 0.504 e. The Morgan fingerprint density at radius 1 is 1.33 bits per heavy atom. The minimum absolute atomic E-state index is 0.101. The van der Waals surface area contributed by atoms with Crippen LogP contribution in [0, 0.1) is 0 Å². The number of ether oxygens (including phenoxy) is 1. The summed E-state index contributed by atoms with van der Waals surface area (Å²) in [4.78, 5) is 21.5. The maximum atomic E-state index is 11.2. The number of benzene rings is 1. The van der Waals surface area contributed by atoms with Crippen molar-refractivity contribution in [3.8, 4) is 11.5 Å². The molecule has 7 heteroatoms. The van der Waals surface area contributed by atoms with Gasteiger partial charge in [0.1, 0.15) is 0 Å². The number of nitrogens with one attached hydrogen (secondary N) is 1. The van der Waals surface area contributed by atoms with Gasteiger partial charge in [0.2, 0.25) is 0 Å². The Labute approximate surface area is 103 Å². The molecule has 0 heterocycles. The van der Waals surface area contributed by atoms with Gasteiger partial charge in [0, 0.05) is 0 Å². The van der Waals surface area contributed by atoms with E-state index >= 15 is 0 Å². The number of hydrogen-bond donors (Lipinski definition) is 4. The number of carbonyl (C=O) groups excluding carboxylic acids is 1. The number of hydrogen-bond acceptors (Lipinski definition) is 5. The number of aliphatic hydroxyl groups is 1. The van der Waals surface area contributed by atoms with Crippen LogP contribution in [0.1, 0.15) is 0 Å².